The van der Waals surface area contributed by atoms with Gasteiger partial charge >= 0.3 is 47.4 Å². The normalized spacial score (nSPS) is 13.0. The second-order valence-corrected chi connectivity index (χ2v) is 12.6. The average molecular weight is 796 g/mol. The first-order chi connectivity index (χ1) is 18.9. The molecule has 0 aromatic rings. The molecular formula is C12H36F6N2O18P6. The summed E-state index contributed by atoms with van der Waals surface area (Å²) in [5.74, 6) is 0. The molecule has 0 aromatic heterocycles. The van der Waals surface area contributed by atoms with E-state index in [2.05, 4.69) is 36.0 Å². The fraction of sp³-hybridized carbons (Fsp3) is 0.833. The monoisotopic (exact) mass is 796 g/mol. The Morgan fingerprint density at radius 2 is 0.636 bits per heavy atom. The van der Waals surface area contributed by atoms with E-state index in [1.54, 1.807) is 0 Å². The lowest BCUT2D eigenvalue weighted by Crippen LogP contribution is -2.26. The van der Waals surface area contributed by atoms with Gasteiger partial charge in [0.25, 0.3) is 0 Å². The van der Waals surface area contributed by atoms with E-state index in [1.165, 1.54) is 45.2 Å². The van der Waals surface area contributed by atoms with Crippen molar-refractivity contribution in [3.05, 3.63) is 12.4 Å². The van der Waals surface area contributed by atoms with Gasteiger partial charge in [-0.3, -0.25) is 58.7 Å². The molecular weight excluding hydrogens is 760 g/mol. The zero-order chi connectivity index (χ0) is 37.2. The fourth-order valence-corrected chi connectivity index (χ4v) is 1.73. The van der Waals surface area contributed by atoms with Crippen LogP contribution in [-0.2, 0) is 27.4 Å². The molecule has 1 rings (SSSR count). The van der Waals surface area contributed by atoms with Crippen LogP contribution < -0.4 is 0 Å². The third kappa shape index (κ3) is 219. The Morgan fingerprint density at radius 1 is 0.455 bits per heavy atom. The highest BCUT2D eigenvalue weighted by molar-refractivity contribution is 7.46. The Labute approximate surface area is 247 Å². The molecule has 0 atom stereocenters. The minimum absolute atomic E-state index is 1.11. The minimum atomic E-state index is -5.14. The molecule has 274 valence electrons. The molecule has 20 nitrogen and oxygen atoms in total. The van der Waals surface area contributed by atoms with Crippen molar-refractivity contribution >= 4 is 47.4 Å². The smallest absolute Gasteiger partial charge is 0.359 e. The second kappa shape index (κ2) is 27.9. The summed E-state index contributed by atoms with van der Waals surface area (Å²) in [7, 11) is -30.8. The van der Waals surface area contributed by atoms with Crippen molar-refractivity contribution in [2.24, 2.45) is 0 Å². The molecule has 1 heterocycles. The van der Waals surface area contributed by atoms with Crippen molar-refractivity contribution in [2.75, 3.05) is 19.8 Å². The first-order valence-corrected chi connectivity index (χ1v) is 19.6. The van der Waals surface area contributed by atoms with E-state index in [9.17, 15) is 25.2 Å². The van der Waals surface area contributed by atoms with Gasteiger partial charge < -0.3 is 9.80 Å². The van der Waals surface area contributed by atoms with E-state index in [0.29, 0.717) is 0 Å². The van der Waals surface area contributed by atoms with Gasteiger partial charge in [-0.05, 0) is 12.8 Å². The summed E-state index contributed by atoms with van der Waals surface area (Å²) in [6.07, 6.45) is 11.1. The Bertz CT molecular complexity index is 804. The maximum atomic E-state index is 10.4. The quantitative estimate of drug-likeness (QED) is 0.0998. The first-order valence-electron chi connectivity index (χ1n) is 10.5. The molecule has 1 aliphatic heterocycles. The minimum Gasteiger partial charge on any atom is -0.359 e. The molecule has 0 radical (unpaired) electrons. The van der Waals surface area contributed by atoms with Crippen LogP contribution in [-0.4, -0.2) is 88.3 Å². The van der Waals surface area contributed by atoms with Crippen molar-refractivity contribution < 1.29 is 111 Å². The molecule has 0 aliphatic carbocycles. The van der Waals surface area contributed by atoms with Crippen LogP contribution in [0, 0.1) is 0 Å². The molecule has 32 heteroatoms. The topological polar surface area (TPSA) is 352 Å². The predicted octanol–water partition coefficient (Wildman–Crippen LogP) is 3.31. The summed E-state index contributed by atoms with van der Waals surface area (Å²) in [4.78, 5) is 88.4. The van der Waals surface area contributed by atoms with Crippen molar-refractivity contribution in [3.8, 4) is 0 Å². The number of rotatable bonds is 7. The summed E-state index contributed by atoms with van der Waals surface area (Å²) < 4.78 is 114. The lowest BCUT2D eigenvalue weighted by Gasteiger charge is -2.20. The highest BCUT2D eigenvalue weighted by atomic mass is 31.2. The standard InChI is InChI=1S/C12H24N2.6FH2O3P/c1-3-5-7-9-14-11-10-13(12-14)8-6-4-2;6*1-5(2,3)4/h10-11H,3-9,12H2,1-2H3;6*(H2,2,3,4). The van der Waals surface area contributed by atoms with E-state index >= 15 is 0 Å². The van der Waals surface area contributed by atoms with E-state index in [4.69, 9.17) is 86.1 Å². The highest BCUT2D eigenvalue weighted by Gasteiger charge is 2.10. The van der Waals surface area contributed by atoms with Crippen molar-refractivity contribution in [1.29, 1.82) is 0 Å². The molecule has 0 saturated heterocycles. The van der Waals surface area contributed by atoms with Gasteiger partial charge in [0.1, 0.15) is 0 Å². The molecule has 0 aromatic carbocycles. The number of unbranched alkanes of at least 4 members (excludes halogenated alkanes) is 3. The Hall–Kier alpha value is -0.180. The lowest BCUT2D eigenvalue weighted by molar-refractivity contribution is 0.259. The van der Waals surface area contributed by atoms with E-state index < -0.39 is 47.4 Å². The van der Waals surface area contributed by atoms with Crippen LogP contribution >= 0.6 is 47.4 Å². The van der Waals surface area contributed by atoms with Crippen LogP contribution in [0.4, 0.5) is 25.2 Å². The van der Waals surface area contributed by atoms with Crippen LogP contribution in [0.25, 0.3) is 0 Å². The molecule has 0 fully saturated rings. The average Bonchev–Trinajstić information content (AvgIpc) is 3.06. The summed E-state index contributed by atoms with van der Waals surface area (Å²) >= 11 is 0. The molecule has 44 heavy (non-hydrogen) atoms. The van der Waals surface area contributed by atoms with Gasteiger partial charge in [-0.2, -0.15) is 0 Å². The van der Waals surface area contributed by atoms with Crippen LogP contribution in [0.15, 0.2) is 12.4 Å². The molecule has 0 spiro atoms. The Kier molecular flexibility index (Phi) is 35.6. The first kappa shape index (κ1) is 56.2. The Balaban J connectivity index is -0.000000103. The van der Waals surface area contributed by atoms with Crippen LogP contribution in [0.1, 0.15) is 46.0 Å². The van der Waals surface area contributed by atoms with E-state index in [1.807, 2.05) is 0 Å². The summed E-state index contributed by atoms with van der Waals surface area (Å²) in [5.41, 5.74) is 0. The highest BCUT2D eigenvalue weighted by Crippen LogP contribution is 2.37. The third-order valence-corrected chi connectivity index (χ3v) is 2.70. The van der Waals surface area contributed by atoms with Crippen LogP contribution in [0.2, 0.25) is 0 Å². The summed E-state index contributed by atoms with van der Waals surface area (Å²) in [6.45, 7) is 8.07. The van der Waals surface area contributed by atoms with Crippen LogP contribution in [0.3, 0.4) is 0 Å². The zero-order valence-electron chi connectivity index (χ0n) is 22.5. The van der Waals surface area contributed by atoms with Gasteiger partial charge in [0.15, 0.2) is 0 Å². The van der Waals surface area contributed by atoms with Gasteiger partial charge in [0.2, 0.25) is 0 Å². The number of hydrogen-bond donors (Lipinski definition) is 12. The van der Waals surface area contributed by atoms with Crippen molar-refractivity contribution in [2.45, 2.75) is 46.0 Å². The van der Waals surface area contributed by atoms with Gasteiger partial charge in [0.05, 0.1) is 6.67 Å². The maximum absolute atomic E-state index is 10.4. The van der Waals surface area contributed by atoms with Crippen molar-refractivity contribution in [3.63, 3.8) is 0 Å². The fourth-order valence-electron chi connectivity index (χ4n) is 1.73. The lowest BCUT2D eigenvalue weighted by atomic mass is 10.2. The summed E-state index contributed by atoms with van der Waals surface area (Å²) in [5, 5.41) is 0. The Morgan fingerprint density at radius 3 is 0.818 bits per heavy atom. The maximum Gasteiger partial charge on any atom is 0.507 e. The number of hydrogen-bond acceptors (Lipinski definition) is 8. The van der Waals surface area contributed by atoms with Crippen molar-refractivity contribution in [1.82, 2.24) is 9.80 Å². The SMILES string of the molecule is CCCCCN1C=CN(CCCC)C1.O=P(O)(O)F.O=P(O)(O)F.O=P(O)(O)F.O=P(O)(O)F.O=P(O)(O)F.O=P(O)(O)F. The van der Waals surface area contributed by atoms with E-state index in [-0.39, 0.29) is 0 Å². The molecule has 12 N–H and O–H groups in total. The van der Waals surface area contributed by atoms with E-state index in [0.717, 1.165) is 6.67 Å². The molecule has 1 aliphatic rings. The third-order valence-electron chi connectivity index (χ3n) is 2.70. The molecule has 0 saturated carbocycles. The predicted molar refractivity (Wildman–Crippen MR) is 141 cm³/mol. The van der Waals surface area contributed by atoms with Gasteiger partial charge in [-0.25, -0.2) is 27.4 Å². The largest absolute Gasteiger partial charge is 0.507 e. The molecule has 0 amide bonds. The molecule has 0 bridgehead atoms. The number of nitrogens with zero attached hydrogens (tertiary/aromatic N) is 2. The second-order valence-electron chi connectivity index (χ2n) is 6.96. The zero-order valence-corrected chi connectivity index (χ0v) is 27.8. The van der Waals surface area contributed by atoms with Gasteiger partial charge in [-0.15, -0.1) is 25.2 Å². The molecule has 0 unspecified atom stereocenters. The number of halogens is 6. The summed E-state index contributed by atoms with van der Waals surface area (Å²) in [6, 6.07) is 0. The van der Waals surface area contributed by atoms with Gasteiger partial charge in [0, 0.05) is 25.5 Å². The van der Waals surface area contributed by atoms with Crippen LogP contribution in [0.5, 0.6) is 0 Å². The van der Waals surface area contributed by atoms with Gasteiger partial charge in [-0.1, -0.05) is 33.1 Å².